The number of anilines is 1. The fourth-order valence-electron chi connectivity index (χ4n) is 1.72. The molecule has 4 nitrogen and oxygen atoms in total. The summed E-state index contributed by atoms with van der Waals surface area (Å²) in [5.74, 6) is 5.04. The molecule has 0 bridgehead atoms. The number of hydrogen-bond acceptors (Lipinski definition) is 3. The molecule has 0 radical (unpaired) electrons. The van der Waals surface area contributed by atoms with Crippen molar-refractivity contribution < 1.29 is 9.90 Å². The van der Waals surface area contributed by atoms with Crippen molar-refractivity contribution >= 4 is 23.2 Å². The summed E-state index contributed by atoms with van der Waals surface area (Å²) in [4.78, 5) is 16.2. The van der Waals surface area contributed by atoms with Crippen LogP contribution in [0.5, 0.6) is 0 Å². The van der Waals surface area contributed by atoms with Crippen molar-refractivity contribution in [2.45, 2.75) is 6.92 Å². The Morgan fingerprint density at radius 1 is 1.38 bits per heavy atom. The summed E-state index contributed by atoms with van der Waals surface area (Å²) in [5, 5.41) is 11.9. The van der Waals surface area contributed by atoms with Gasteiger partial charge in [-0.25, -0.2) is 0 Å². The number of amides is 1. The van der Waals surface area contributed by atoms with Crippen molar-refractivity contribution in [1.29, 1.82) is 0 Å². The lowest BCUT2D eigenvalue weighted by molar-refractivity contribution is 0.102. The topological polar surface area (TPSA) is 62.2 Å². The van der Waals surface area contributed by atoms with Crippen LogP contribution in [0.2, 0.25) is 5.02 Å². The lowest BCUT2D eigenvalue weighted by atomic mass is 10.2. The average Bonchev–Trinajstić information content (AvgIpc) is 2.48. The van der Waals surface area contributed by atoms with Gasteiger partial charge in [-0.1, -0.05) is 23.4 Å². The first-order valence-corrected chi connectivity index (χ1v) is 6.61. The molecule has 0 atom stereocenters. The quantitative estimate of drug-likeness (QED) is 0.838. The molecule has 0 saturated carbocycles. The molecule has 0 saturated heterocycles. The predicted octanol–water partition coefficient (Wildman–Crippen LogP) is 2.64. The minimum absolute atomic E-state index is 0.222. The molecular weight excluding hydrogens is 288 g/mol. The Balaban J connectivity index is 2.24. The van der Waals surface area contributed by atoms with E-state index >= 15 is 0 Å². The maximum absolute atomic E-state index is 12.2. The first kappa shape index (κ1) is 15.0. The molecule has 1 heterocycles. The third-order valence-electron chi connectivity index (χ3n) is 2.69. The van der Waals surface area contributed by atoms with Crippen LogP contribution in [-0.2, 0) is 0 Å². The predicted molar refractivity (Wildman–Crippen MR) is 82.3 cm³/mol. The van der Waals surface area contributed by atoms with Gasteiger partial charge in [0.05, 0.1) is 10.7 Å². The first-order valence-electron chi connectivity index (χ1n) is 6.23. The Morgan fingerprint density at radius 2 is 2.19 bits per heavy atom. The first-order chi connectivity index (χ1) is 10.1. The van der Waals surface area contributed by atoms with Crippen LogP contribution in [0.4, 0.5) is 5.69 Å². The third-order valence-corrected chi connectivity index (χ3v) is 3.01. The number of aliphatic hydroxyl groups excluding tert-OH is 1. The van der Waals surface area contributed by atoms with Gasteiger partial charge in [-0.2, -0.15) is 0 Å². The second-order valence-corrected chi connectivity index (χ2v) is 4.70. The van der Waals surface area contributed by atoms with Crippen LogP contribution in [0.3, 0.4) is 0 Å². The fraction of sp³-hybridized carbons (Fsp3) is 0.125. The van der Waals surface area contributed by atoms with Gasteiger partial charge in [0.1, 0.15) is 6.61 Å². The van der Waals surface area contributed by atoms with E-state index in [0.717, 1.165) is 5.69 Å². The smallest absolute Gasteiger partial charge is 0.255 e. The van der Waals surface area contributed by atoms with Crippen LogP contribution in [-0.4, -0.2) is 22.6 Å². The van der Waals surface area contributed by atoms with Crippen molar-refractivity contribution in [3.05, 3.63) is 58.4 Å². The number of carbonyl (C=O) groups excluding carboxylic acids is 1. The molecule has 2 N–H and O–H groups in total. The van der Waals surface area contributed by atoms with Crippen molar-refractivity contribution in [2.75, 3.05) is 11.9 Å². The number of aliphatic hydroxyl groups is 1. The van der Waals surface area contributed by atoms with Gasteiger partial charge in [-0.05, 0) is 37.3 Å². The number of nitrogens with zero attached hydrogens (tertiary/aromatic N) is 1. The van der Waals surface area contributed by atoms with Crippen molar-refractivity contribution in [1.82, 2.24) is 4.98 Å². The fourth-order valence-corrected chi connectivity index (χ4v) is 1.89. The number of carbonyl (C=O) groups is 1. The zero-order valence-electron chi connectivity index (χ0n) is 11.4. The zero-order chi connectivity index (χ0) is 15.2. The molecule has 1 amide bonds. The second-order valence-electron chi connectivity index (χ2n) is 4.29. The standard InChI is InChI=1S/C16H13ClN2O2/c1-11-9-13(6-7-18-11)16(21)19-15-10-12(3-2-8-20)4-5-14(15)17/h4-7,9-10,20H,8H2,1H3,(H,19,21). The monoisotopic (exact) mass is 300 g/mol. The van der Waals surface area contributed by atoms with E-state index in [9.17, 15) is 4.79 Å². The summed E-state index contributed by atoms with van der Waals surface area (Å²) in [6.07, 6.45) is 1.58. The van der Waals surface area contributed by atoms with E-state index in [4.69, 9.17) is 16.7 Å². The van der Waals surface area contributed by atoms with E-state index in [1.54, 1.807) is 36.5 Å². The van der Waals surface area contributed by atoms with Gasteiger partial charge in [-0.3, -0.25) is 9.78 Å². The summed E-state index contributed by atoms with van der Waals surface area (Å²) >= 11 is 6.07. The second kappa shape index (κ2) is 6.89. The SMILES string of the molecule is Cc1cc(C(=O)Nc2cc(C#CCO)ccc2Cl)ccn1. The third kappa shape index (κ3) is 4.06. The average molecular weight is 301 g/mol. The van der Waals surface area contributed by atoms with Gasteiger partial charge < -0.3 is 10.4 Å². The molecule has 1 aromatic heterocycles. The van der Waals surface area contributed by atoms with Crippen LogP contribution >= 0.6 is 11.6 Å². The normalized spacial score (nSPS) is 9.67. The van der Waals surface area contributed by atoms with Crippen LogP contribution in [0.1, 0.15) is 21.6 Å². The molecule has 21 heavy (non-hydrogen) atoms. The van der Waals surface area contributed by atoms with Gasteiger partial charge in [-0.15, -0.1) is 0 Å². The van der Waals surface area contributed by atoms with Gasteiger partial charge in [0, 0.05) is 23.0 Å². The number of hydrogen-bond donors (Lipinski definition) is 2. The molecule has 2 aromatic rings. The Labute approximate surface area is 127 Å². The van der Waals surface area contributed by atoms with Crippen molar-refractivity contribution in [2.24, 2.45) is 0 Å². The van der Waals surface area contributed by atoms with E-state index in [2.05, 4.69) is 22.1 Å². The Hall–Kier alpha value is -2.35. The number of aryl methyl sites for hydroxylation is 1. The van der Waals surface area contributed by atoms with Gasteiger partial charge in [0.15, 0.2) is 0 Å². The molecule has 0 aliphatic carbocycles. The Morgan fingerprint density at radius 3 is 2.90 bits per heavy atom. The summed E-state index contributed by atoms with van der Waals surface area (Å²) < 4.78 is 0. The molecule has 0 aliphatic rings. The minimum atomic E-state index is -0.269. The van der Waals surface area contributed by atoms with E-state index in [1.807, 2.05) is 6.92 Å². The lowest BCUT2D eigenvalue weighted by Gasteiger charge is -2.08. The van der Waals surface area contributed by atoms with Gasteiger partial charge >= 0.3 is 0 Å². The molecule has 0 aliphatic heterocycles. The summed E-state index contributed by atoms with van der Waals surface area (Å²) in [6, 6.07) is 8.36. The highest BCUT2D eigenvalue weighted by Crippen LogP contribution is 2.23. The molecule has 2 rings (SSSR count). The number of nitrogens with one attached hydrogen (secondary N) is 1. The molecule has 0 fully saturated rings. The summed E-state index contributed by atoms with van der Waals surface area (Å²) in [7, 11) is 0. The number of aromatic nitrogens is 1. The van der Waals surface area contributed by atoms with Crippen LogP contribution < -0.4 is 5.32 Å². The van der Waals surface area contributed by atoms with Crippen molar-refractivity contribution in [3.63, 3.8) is 0 Å². The molecule has 0 unspecified atom stereocenters. The molecule has 1 aromatic carbocycles. The number of rotatable bonds is 2. The largest absolute Gasteiger partial charge is 0.384 e. The summed E-state index contributed by atoms with van der Waals surface area (Å²) in [6.45, 7) is 1.59. The Bertz CT molecular complexity index is 733. The van der Waals surface area contributed by atoms with E-state index in [0.29, 0.717) is 21.8 Å². The highest BCUT2D eigenvalue weighted by atomic mass is 35.5. The number of halogens is 1. The molecule has 106 valence electrons. The zero-order valence-corrected chi connectivity index (χ0v) is 12.1. The maximum atomic E-state index is 12.2. The van der Waals surface area contributed by atoms with E-state index < -0.39 is 0 Å². The highest BCUT2D eigenvalue weighted by molar-refractivity contribution is 6.34. The van der Waals surface area contributed by atoms with Crippen LogP contribution in [0.25, 0.3) is 0 Å². The van der Waals surface area contributed by atoms with E-state index in [-0.39, 0.29) is 12.5 Å². The van der Waals surface area contributed by atoms with Crippen molar-refractivity contribution in [3.8, 4) is 11.8 Å². The molecule has 5 heteroatoms. The van der Waals surface area contributed by atoms with Crippen LogP contribution in [0, 0.1) is 18.8 Å². The molecule has 0 spiro atoms. The van der Waals surface area contributed by atoms with E-state index in [1.165, 1.54) is 0 Å². The number of benzene rings is 1. The minimum Gasteiger partial charge on any atom is -0.384 e. The summed E-state index contributed by atoms with van der Waals surface area (Å²) in [5.41, 5.74) is 2.40. The number of pyridine rings is 1. The maximum Gasteiger partial charge on any atom is 0.255 e. The van der Waals surface area contributed by atoms with Crippen LogP contribution in [0.15, 0.2) is 36.5 Å². The van der Waals surface area contributed by atoms with Gasteiger partial charge in [0.2, 0.25) is 0 Å². The highest BCUT2D eigenvalue weighted by Gasteiger charge is 2.09. The van der Waals surface area contributed by atoms with Gasteiger partial charge in [0.25, 0.3) is 5.91 Å². The Kier molecular flexibility index (Phi) is 4.94. The molecular formula is C16H13ClN2O2. The lowest BCUT2D eigenvalue weighted by Crippen LogP contribution is -2.12.